The Labute approximate surface area is 120 Å². The monoisotopic (exact) mass is 277 g/mol. The van der Waals surface area contributed by atoms with Gasteiger partial charge in [0.25, 0.3) is 0 Å². The molecule has 0 aromatic heterocycles. The van der Waals surface area contributed by atoms with Gasteiger partial charge in [-0.25, -0.2) is 0 Å². The molecule has 2 rings (SSSR count). The van der Waals surface area contributed by atoms with Crippen LogP contribution >= 0.6 is 0 Å². The molecule has 1 aliphatic carbocycles. The Morgan fingerprint density at radius 2 is 1.90 bits per heavy atom. The molecule has 1 aliphatic rings. The first-order valence-electron chi connectivity index (χ1n) is 7.13. The summed E-state index contributed by atoms with van der Waals surface area (Å²) in [6.45, 7) is 1.08. The van der Waals surface area contributed by atoms with Gasteiger partial charge in [0.2, 0.25) is 0 Å². The molecular formula is C16H23NO3. The Kier molecular flexibility index (Phi) is 5.15. The second-order valence-electron chi connectivity index (χ2n) is 5.58. The third kappa shape index (κ3) is 4.05. The van der Waals surface area contributed by atoms with Crippen LogP contribution in [0.1, 0.15) is 36.8 Å². The zero-order chi connectivity index (χ0) is 14.4. The van der Waals surface area contributed by atoms with Gasteiger partial charge in [-0.05, 0) is 24.0 Å². The van der Waals surface area contributed by atoms with Gasteiger partial charge in [0.15, 0.2) is 0 Å². The van der Waals surface area contributed by atoms with Gasteiger partial charge in [-0.3, -0.25) is 4.79 Å². The average molecular weight is 277 g/mol. The molecule has 0 aliphatic heterocycles. The van der Waals surface area contributed by atoms with Crippen LogP contribution in [0.5, 0.6) is 0 Å². The number of benzene rings is 1. The molecule has 4 heteroatoms. The van der Waals surface area contributed by atoms with E-state index in [4.69, 9.17) is 15.2 Å². The summed E-state index contributed by atoms with van der Waals surface area (Å²) in [5, 5.41) is 0. The first-order chi connectivity index (χ1) is 9.63. The maximum absolute atomic E-state index is 11.4. The lowest BCUT2D eigenvalue weighted by Crippen LogP contribution is -2.41. The van der Waals surface area contributed by atoms with Gasteiger partial charge in [0.1, 0.15) is 0 Å². The zero-order valence-electron chi connectivity index (χ0n) is 12.1. The fraction of sp³-hybridized carbons (Fsp3) is 0.562. The van der Waals surface area contributed by atoms with E-state index in [0.29, 0.717) is 13.2 Å². The van der Waals surface area contributed by atoms with E-state index in [1.165, 1.54) is 20.0 Å². The summed E-state index contributed by atoms with van der Waals surface area (Å²) in [6.07, 6.45) is 4.75. The summed E-state index contributed by atoms with van der Waals surface area (Å²) in [4.78, 5) is 11.4. The third-order valence-corrected chi connectivity index (χ3v) is 3.93. The van der Waals surface area contributed by atoms with Crippen molar-refractivity contribution in [1.82, 2.24) is 0 Å². The van der Waals surface area contributed by atoms with Gasteiger partial charge in [0.05, 0.1) is 26.7 Å². The summed E-state index contributed by atoms with van der Waals surface area (Å²) >= 11 is 0. The van der Waals surface area contributed by atoms with Gasteiger partial charge < -0.3 is 15.2 Å². The lowest BCUT2D eigenvalue weighted by Gasteiger charge is -2.23. The molecule has 1 aromatic rings. The second-order valence-corrected chi connectivity index (χ2v) is 5.58. The minimum Gasteiger partial charge on any atom is -0.469 e. The minimum atomic E-state index is -0.233. The first-order valence-corrected chi connectivity index (χ1v) is 7.13. The Balaban J connectivity index is 1.90. The van der Waals surface area contributed by atoms with E-state index in [1.807, 2.05) is 24.3 Å². The highest BCUT2D eigenvalue weighted by molar-refractivity contribution is 5.72. The van der Waals surface area contributed by atoms with Gasteiger partial charge in [0, 0.05) is 5.54 Å². The molecule has 1 aromatic carbocycles. The number of nitrogens with two attached hydrogens (primary N) is 1. The molecule has 1 fully saturated rings. The fourth-order valence-electron chi connectivity index (χ4n) is 2.69. The third-order valence-electron chi connectivity index (χ3n) is 3.93. The molecule has 2 N–H and O–H groups in total. The van der Waals surface area contributed by atoms with Gasteiger partial charge in [-0.15, -0.1) is 0 Å². The van der Waals surface area contributed by atoms with Crippen LogP contribution in [0.2, 0.25) is 0 Å². The van der Waals surface area contributed by atoms with Crippen molar-refractivity contribution in [2.24, 2.45) is 5.73 Å². The van der Waals surface area contributed by atoms with Gasteiger partial charge in [-0.1, -0.05) is 37.1 Å². The Morgan fingerprint density at radius 3 is 2.55 bits per heavy atom. The predicted octanol–water partition coefficient (Wildman–Crippen LogP) is 2.19. The second kappa shape index (κ2) is 6.86. The van der Waals surface area contributed by atoms with Crippen molar-refractivity contribution < 1.29 is 14.3 Å². The standard InChI is InChI=1S/C16H23NO3/c1-19-15(18)10-13-6-2-3-7-14(13)11-20-12-16(17)8-4-5-9-16/h2-3,6-7H,4-5,8-12,17H2,1H3. The summed E-state index contributed by atoms with van der Waals surface area (Å²) in [6, 6.07) is 7.79. The maximum Gasteiger partial charge on any atom is 0.309 e. The normalized spacial score (nSPS) is 17.1. The number of hydrogen-bond donors (Lipinski definition) is 1. The SMILES string of the molecule is COC(=O)Cc1ccccc1COCC1(N)CCCC1. The molecular weight excluding hydrogens is 254 g/mol. The molecule has 0 radical (unpaired) electrons. The van der Waals surface area contributed by atoms with E-state index in [2.05, 4.69) is 0 Å². The summed E-state index contributed by atoms with van der Waals surface area (Å²) in [5.41, 5.74) is 8.09. The summed E-state index contributed by atoms with van der Waals surface area (Å²) in [5.74, 6) is -0.233. The van der Waals surface area contributed by atoms with Crippen molar-refractivity contribution in [3.63, 3.8) is 0 Å². The lowest BCUT2D eigenvalue weighted by atomic mass is 10.0. The minimum absolute atomic E-state index is 0.155. The summed E-state index contributed by atoms with van der Waals surface area (Å²) in [7, 11) is 1.40. The number of ether oxygens (including phenoxy) is 2. The topological polar surface area (TPSA) is 61.5 Å². The van der Waals surface area contributed by atoms with E-state index in [-0.39, 0.29) is 17.9 Å². The molecule has 20 heavy (non-hydrogen) atoms. The van der Waals surface area contributed by atoms with E-state index < -0.39 is 0 Å². The molecule has 0 saturated heterocycles. The predicted molar refractivity (Wildman–Crippen MR) is 77.2 cm³/mol. The number of carbonyl (C=O) groups excluding carboxylic acids is 1. The molecule has 0 spiro atoms. The molecule has 1 saturated carbocycles. The lowest BCUT2D eigenvalue weighted by molar-refractivity contribution is -0.139. The zero-order valence-corrected chi connectivity index (χ0v) is 12.1. The van der Waals surface area contributed by atoms with Crippen molar-refractivity contribution in [1.29, 1.82) is 0 Å². The van der Waals surface area contributed by atoms with Gasteiger partial charge in [-0.2, -0.15) is 0 Å². The number of carbonyl (C=O) groups is 1. The van der Waals surface area contributed by atoms with Crippen molar-refractivity contribution in [3.05, 3.63) is 35.4 Å². The number of esters is 1. The van der Waals surface area contributed by atoms with E-state index in [1.54, 1.807) is 0 Å². The van der Waals surface area contributed by atoms with Crippen LogP contribution in [-0.4, -0.2) is 25.2 Å². The van der Waals surface area contributed by atoms with E-state index in [9.17, 15) is 4.79 Å². The molecule has 110 valence electrons. The van der Waals surface area contributed by atoms with Crippen LogP contribution in [0, 0.1) is 0 Å². The van der Waals surface area contributed by atoms with Crippen LogP contribution < -0.4 is 5.73 Å². The van der Waals surface area contributed by atoms with Crippen molar-refractivity contribution in [2.75, 3.05) is 13.7 Å². The maximum atomic E-state index is 11.4. The smallest absolute Gasteiger partial charge is 0.309 e. The van der Waals surface area contributed by atoms with Crippen LogP contribution in [0.25, 0.3) is 0 Å². The molecule has 0 bridgehead atoms. The fourth-order valence-corrected chi connectivity index (χ4v) is 2.69. The van der Waals surface area contributed by atoms with E-state index >= 15 is 0 Å². The van der Waals surface area contributed by atoms with Crippen molar-refractivity contribution >= 4 is 5.97 Å². The quantitative estimate of drug-likeness (QED) is 0.810. The Morgan fingerprint density at radius 1 is 1.25 bits per heavy atom. The highest BCUT2D eigenvalue weighted by atomic mass is 16.5. The summed E-state index contributed by atoms with van der Waals surface area (Å²) < 4.78 is 10.5. The van der Waals surface area contributed by atoms with Crippen LogP contribution in [0.4, 0.5) is 0 Å². The van der Waals surface area contributed by atoms with Crippen molar-refractivity contribution in [3.8, 4) is 0 Å². The van der Waals surface area contributed by atoms with Gasteiger partial charge >= 0.3 is 5.97 Å². The molecule has 0 heterocycles. The van der Waals surface area contributed by atoms with E-state index in [0.717, 1.165) is 24.0 Å². The number of hydrogen-bond acceptors (Lipinski definition) is 4. The van der Waals surface area contributed by atoms with Crippen LogP contribution in [0.15, 0.2) is 24.3 Å². The van der Waals surface area contributed by atoms with Crippen molar-refractivity contribution in [2.45, 2.75) is 44.2 Å². The molecule has 4 nitrogen and oxygen atoms in total. The van der Waals surface area contributed by atoms with Crippen LogP contribution in [0.3, 0.4) is 0 Å². The number of rotatable bonds is 6. The largest absolute Gasteiger partial charge is 0.469 e. The molecule has 0 amide bonds. The average Bonchev–Trinajstić information content (AvgIpc) is 2.87. The molecule has 0 unspecified atom stereocenters. The molecule has 0 atom stereocenters. The number of methoxy groups -OCH3 is 1. The highest BCUT2D eigenvalue weighted by Crippen LogP contribution is 2.27. The first kappa shape index (κ1) is 15.0. The highest BCUT2D eigenvalue weighted by Gasteiger charge is 2.29. The Hall–Kier alpha value is -1.39. The van der Waals surface area contributed by atoms with Crippen LogP contribution in [-0.2, 0) is 27.3 Å². The Bertz CT molecular complexity index is 453.